The highest BCUT2D eigenvalue weighted by Gasteiger charge is 2.24. The molecular formula is C15H18N4OS. The van der Waals surface area contributed by atoms with E-state index in [0.29, 0.717) is 22.0 Å². The Morgan fingerprint density at radius 1 is 1.19 bits per heavy atom. The van der Waals surface area contributed by atoms with Crippen molar-refractivity contribution in [3.05, 3.63) is 29.3 Å². The van der Waals surface area contributed by atoms with Gasteiger partial charge in [0.1, 0.15) is 10.6 Å². The van der Waals surface area contributed by atoms with Gasteiger partial charge in [0.25, 0.3) is 5.91 Å². The second-order valence-corrected chi connectivity index (χ2v) is 5.97. The highest BCUT2D eigenvalue weighted by Crippen LogP contribution is 2.30. The van der Waals surface area contributed by atoms with Crippen LogP contribution in [0, 0.1) is 0 Å². The van der Waals surface area contributed by atoms with Gasteiger partial charge in [-0.05, 0) is 36.5 Å². The van der Waals surface area contributed by atoms with Gasteiger partial charge in [-0.2, -0.15) is 4.37 Å². The summed E-state index contributed by atoms with van der Waals surface area (Å²) in [6.45, 7) is 1.63. The van der Waals surface area contributed by atoms with Crippen molar-refractivity contribution in [1.82, 2.24) is 14.3 Å². The summed E-state index contributed by atoms with van der Waals surface area (Å²) in [6, 6.07) is 5.58. The van der Waals surface area contributed by atoms with Crippen molar-refractivity contribution >= 4 is 23.1 Å². The summed E-state index contributed by atoms with van der Waals surface area (Å²) < 4.78 is 4.33. The van der Waals surface area contributed by atoms with E-state index in [0.717, 1.165) is 25.9 Å². The Balaban J connectivity index is 1.86. The van der Waals surface area contributed by atoms with E-state index in [1.54, 1.807) is 6.20 Å². The van der Waals surface area contributed by atoms with E-state index in [2.05, 4.69) is 9.36 Å². The van der Waals surface area contributed by atoms with E-state index >= 15 is 0 Å². The average molecular weight is 302 g/mol. The number of amides is 1. The third-order valence-corrected chi connectivity index (χ3v) is 4.57. The first kappa shape index (κ1) is 14.0. The molecule has 2 aromatic rings. The molecule has 0 radical (unpaired) electrons. The van der Waals surface area contributed by atoms with Crippen LogP contribution in [0.1, 0.15) is 35.4 Å². The number of carbonyl (C=O) groups is 1. The SMILES string of the molecule is Nc1c(-c2ccccn2)nsc1C(=O)N1CCCCCC1. The van der Waals surface area contributed by atoms with Crippen LogP contribution in [0.3, 0.4) is 0 Å². The number of anilines is 1. The van der Waals surface area contributed by atoms with Crippen LogP contribution in [0.2, 0.25) is 0 Å². The summed E-state index contributed by atoms with van der Waals surface area (Å²) in [4.78, 5) is 19.3. The van der Waals surface area contributed by atoms with Crippen LogP contribution in [-0.2, 0) is 0 Å². The fraction of sp³-hybridized carbons (Fsp3) is 0.400. The van der Waals surface area contributed by atoms with Crippen molar-refractivity contribution in [1.29, 1.82) is 0 Å². The second kappa shape index (κ2) is 6.22. The van der Waals surface area contributed by atoms with Crippen LogP contribution >= 0.6 is 11.5 Å². The lowest BCUT2D eigenvalue weighted by molar-refractivity contribution is 0.0767. The molecule has 110 valence electrons. The molecule has 1 amide bonds. The summed E-state index contributed by atoms with van der Waals surface area (Å²) in [7, 11) is 0. The lowest BCUT2D eigenvalue weighted by Gasteiger charge is -2.19. The molecule has 1 saturated heterocycles. The largest absolute Gasteiger partial charge is 0.396 e. The molecule has 0 unspecified atom stereocenters. The first-order valence-corrected chi connectivity index (χ1v) is 8.00. The fourth-order valence-electron chi connectivity index (χ4n) is 2.56. The van der Waals surface area contributed by atoms with Gasteiger partial charge in [-0.3, -0.25) is 9.78 Å². The molecule has 2 aromatic heterocycles. The Morgan fingerprint density at radius 2 is 1.95 bits per heavy atom. The number of rotatable bonds is 2. The highest BCUT2D eigenvalue weighted by molar-refractivity contribution is 7.09. The molecule has 3 rings (SSSR count). The average Bonchev–Trinajstić information content (AvgIpc) is 2.74. The molecule has 1 aliphatic heterocycles. The van der Waals surface area contributed by atoms with Crippen molar-refractivity contribution in [2.75, 3.05) is 18.8 Å². The van der Waals surface area contributed by atoms with Crippen LogP contribution in [0.5, 0.6) is 0 Å². The molecule has 6 heteroatoms. The standard InChI is InChI=1S/C15H18N4OS/c16-12-13(11-7-3-4-8-17-11)18-21-14(12)15(20)19-9-5-1-2-6-10-19/h3-4,7-8H,1-2,5-6,9-10,16H2. The molecule has 5 nitrogen and oxygen atoms in total. The molecule has 2 N–H and O–H groups in total. The van der Waals surface area contributed by atoms with Gasteiger partial charge in [-0.1, -0.05) is 18.9 Å². The van der Waals surface area contributed by atoms with Crippen molar-refractivity contribution in [2.24, 2.45) is 0 Å². The molecule has 0 bridgehead atoms. The summed E-state index contributed by atoms with van der Waals surface area (Å²) >= 11 is 1.17. The molecular weight excluding hydrogens is 284 g/mol. The van der Waals surface area contributed by atoms with E-state index in [1.165, 1.54) is 24.4 Å². The maximum Gasteiger partial charge on any atom is 0.267 e. The first-order valence-electron chi connectivity index (χ1n) is 7.23. The summed E-state index contributed by atoms with van der Waals surface area (Å²) in [5, 5.41) is 0. The Hall–Kier alpha value is -1.95. The van der Waals surface area contributed by atoms with Crippen molar-refractivity contribution in [3.63, 3.8) is 0 Å². The van der Waals surface area contributed by atoms with E-state index in [-0.39, 0.29) is 5.91 Å². The van der Waals surface area contributed by atoms with Gasteiger partial charge in [0.05, 0.1) is 11.4 Å². The van der Waals surface area contributed by atoms with E-state index in [4.69, 9.17) is 5.73 Å². The molecule has 0 aromatic carbocycles. The van der Waals surface area contributed by atoms with Crippen LogP contribution in [0.4, 0.5) is 5.69 Å². The molecule has 0 spiro atoms. The normalized spacial score (nSPS) is 15.7. The smallest absolute Gasteiger partial charge is 0.267 e. The van der Waals surface area contributed by atoms with Gasteiger partial charge in [-0.25, -0.2) is 0 Å². The van der Waals surface area contributed by atoms with E-state index < -0.39 is 0 Å². The predicted molar refractivity (Wildman–Crippen MR) is 84.1 cm³/mol. The highest BCUT2D eigenvalue weighted by atomic mass is 32.1. The quantitative estimate of drug-likeness (QED) is 0.926. The monoisotopic (exact) mass is 302 g/mol. The van der Waals surface area contributed by atoms with Gasteiger partial charge in [0.15, 0.2) is 0 Å². The molecule has 1 aliphatic rings. The van der Waals surface area contributed by atoms with Gasteiger partial charge >= 0.3 is 0 Å². The maximum atomic E-state index is 12.6. The van der Waals surface area contributed by atoms with Crippen LogP contribution < -0.4 is 5.73 Å². The summed E-state index contributed by atoms with van der Waals surface area (Å²) in [5.74, 6) is 0.00841. The van der Waals surface area contributed by atoms with Gasteiger partial charge in [0.2, 0.25) is 0 Å². The van der Waals surface area contributed by atoms with E-state index in [1.807, 2.05) is 23.1 Å². The number of nitrogens with zero attached hydrogens (tertiary/aromatic N) is 3. The lowest BCUT2D eigenvalue weighted by atomic mass is 10.2. The number of likely N-dealkylation sites (tertiary alicyclic amines) is 1. The molecule has 21 heavy (non-hydrogen) atoms. The van der Waals surface area contributed by atoms with Gasteiger partial charge in [0, 0.05) is 19.3 Å². The molecule has 0 saturated carbocycles. The number of nitrogens with two attached hydrogens (primary N) is 1. The zero-order valence-corrected chi connectivity index (χ0v) is 12.6. The predicted octanol–water partition coefficient (Wildman–Crippen LogP) is 2.80. The summed E-state index contributed by atoms with van der Waals surface area (Å²) in [5.41, 5.74) is 7.91. The summed E-state index contributed by atoms with van der Waals surface area (Å²) in [6.07, 6.45) is 6.22. The number of pyridine rings is 1. The minimum Gasteiger partial charge on any atom is -0.396 e. The number of carbonyl (C=O) groups excluding carboxylic acids is 1. The Kier molecular flexibility index (Phi) is 4.15. The Morgan fingerprint density at radius 3 is 2.62 bits per heavy atom. The maximum absolute atomic E-state index is 12.6. The number of aromatic nitrogens is 2. The molecule has 1 fully saturated rings. The third-order valence-electron chi connectivity index (χ3n) is 3.72. The lowest BCUT2D eigenvalue weighted by Crippen LogP contribution is -2.31. The number of nitrogen functional groups attached to an aromatic ring is 1. The van der Waals surface area contributed by atoms with Crippen LogP contribution in [0.15, 0.2) is 24.4 Å². The van der Waals surface area contributed by atoms with Gasteiger partial charge < -0.3 is 10.6 Å². The van der Waals surface area contributed by atoms with Crippen molar-refractivity contribution in [2.45, 2.75) is 25.7 Å². The number of hydrogen-bond acceptors (Lipinski definition) is 5. The zero-order valence-electron chi connectivity index (χ0n) is 11.8. The Bertz CT molecular complexity index is 618. The minimum absolute atomic E-state index is 0.00841. The number of hydrogen-bond donors (Lipinski definition) is 1. The van der Waals surface area contributed by atoms with Gasteiger partial charge in [-0.15, -0.1) is 0 Å². The molecule has 3 heterocycles. The van der Waals surface area contributed by atoms with Crippen molar-refractivity contribution in [3.8, 4) is 11.4 Å². The molecule has 0 atom stereocenters. The van der Waals surface area contributed by atoms with Crippen LogP contribution in [0.25, 0.3) is 11.4 Å². The van der Waals surface area contributed by atoms with Crippen molar-refractivity contribution < 1.29 is 4.79 Å². The topological polar surface area (TPSA) is 72.1 Å². The van der Waals surface area contributed by atoms with Crippen LogP contribution in [-0.4, -0.2) is 33.3 Å². The second-order valence-electron chi connectivity index (χ2n) is 5.20. The minimum atomic E-state index is 0.00841. The molecule has 0 aliphatic carbocycles. The zero-order chi connectivity index (χ0) is 14.7. The Labute approximate surface area is 128 Å². The third kappa shape index (κ3) is 2.90. The fourth-order valence-corrected chi connectivity index (χ4v) is 3.33. The van der Waals surface area contributed by atoms with E-state index in [9.17, 15) is 4.79 Å². The first-order chi connectivity index (χ1) is 10.3.